The van der Waals surface area contributed by atoms with E-state index in [0.29, 0.717) is 11.1 Å². The zero-order chi connectivity index (χ0) is 27.0. The number of carbonyl (C=O) groups excluding carboxylic acids is 3. The lowest BCUT2D eigenvalue weighted by Gasteiger charge is -2.29. The lowest BCUT2D eigenvalue weighted by molar-refractivity contribution is -0.122. The number of carboxylic acid groups (broad SMARTS) is 1. The second-order valence-electron chi connectivity index (χ2n) is 8.47. The van der Waals surface area contributed by atoms with Crippen LogP contribution < -0.4 is 10.2 Å². The molecule has 2 aromatic carbocycles. The number of benzene rings is 2. The van der Waals surface area contributed by atoms with Crippen molar-refractivity contribution >= 4 is 52.8 Å². The van der Waals surface area contributed by atoms with Crippen molar-refractivity contribution in [3.05, 3.63) is 87.7 Å². The molecule has 3 aromatic rings. The summed E-state index contributed by atoms with van der Waals surface area (Å²) in [7, 11) is 1.32. The van der Waals surface area contributed by atoms with Gasteiger partial charge in [0.2, 0.25) is 0 Å². The fraction of sp³-hybridized carbons (Fsp3) is 0.148. The Morgan fingerprint density at radius 3 is 2.43 bits per heavy atom. The van der Waals surface area contributed by atoms with E-state index in [4.69, 9.17) is 17.0 Å². The van der Waals surface area contributed by atoms with Crippen LogP contribution in [0, 0.1) is 20.8 Å². The Hall–Kier alpha value is -4.57. The minimum atomic E-state index is -1.16. The van der Waals surface area contributed by atoms with E-state index in [0.717, 1.165) is 27.5 Å². The largest absolute Gasteiger partial charge is 0.478 e. The average Bonchev–Trinajstić information content (AvgIpc) is 3.14. The summed E-state index contributed by atoms with van der Waals surface area (Å²) in [5, 5.41) is 11.7. The molecule has 0 atom stereocenters. The van der Waals surface area contributed by atoms with E-state index >= 15 is 0 Å². The van der Waals surface area contributed by atoms with E-state index in [1.807, 2.05) is 37.5 Å². The number of methoxy groups -OCH3 is 1. The van der Waals surface area contributed by atoms with Gasteiger partial charge < -0.3 is 14.4 Å². The molecule has 1 aromatic heterocycles. The molecule has 0 aliphatic carbocycles. The number of nitrogens with one attached hydrogen (secondary N) is 1. The zero-order valence-electron chi connectivity index (χ0n) is 20.5. The smallest absolute Gasteiger partial charge is 0.337 e. The highest BCUT2D eigenvalue weighted by molar-refractivity contribution is 7.80. The van der Waals surface area contributed by atoms with Crippen LogP contribution in [0.15, 0.2) is 54.1 Å². The van der Waals surface area contributed by atoms with Crippen LogP contribution in [-0.2, 0) is 14.3 Å². The number of rotatable bonds is 5. The minimum absolute atomic E-state index is 0.0244. The Morgan fingerprint density at radius 2 is 1.76 bits per heavy atom. The third-order valence-corrected chi connectivity index (χ3v) is 6.38. The first-order valence-corrected chi connectivity index (χ1v) is 11.6. The third kappa shape index (κ3) is 4.66. The average molecular weight is 518 g/mol. The Balaban J connectivity index is 1.78. The predicted molar refractivity (Wildman–Crippen MR) is 141 cm³/mol. The first kappa shape index (κ1) is 25.5. The van der Waals surface area contributed by atoms with Crippen LogP contribution in [0.4, 0.5) is 5.69 Å². The van der Waals surface area contributed by atoms with E-state index in [2.05, 4.69) is 5.32 Å². The van der Waals surface area contributed by atoms with E-state index in [-0.39, 0.29) is 21.9 Å². The van der Waals surface area contributed by atoms with Crippen molar-refractivity contribution in [2.24, 2.45) is 0 Å². The number of nitrogens with zero attached hydrogens (tertiary/aromatic N) is 2. The van der Waals surface area contributed by atoms with Gasteiger partial charge >= 0.3 is 11.9 Å². The van der Waals surface area contributed by atoms with Crippen LogP contribution in [0.3, 0.4) is 0 Å². The minimum Gasteiger partial charge on any atom is -0.478 e. The van der Waals surface area contributed by atoms with Gasteiger partial charge in [0.25, 0.3) is 11.8 Å². The van der Waals surface area contributed by atoms with E-state index in [1.54, 1.807) is 12.1 Å². The molecule has 37 heavy (non-hydrogen) atoms. The van der Waals surface area contributed by atoms with E-state index in [9.17, 15) is 24.3 Å². The fourth-order valence-corrected chi connectivity index (χ4v) is 4.51. The molecule has 0 radical (unpaired) electrons. The number of aromatic nitrogens is 1. The van der Waals surface area contributed by atoms with Crippen molar-refractivity contribution in [2.75, 3.05) is 12.0 Å². The monoisotopic (exact) mass is 517 g/mol. The maximum atomic E-state index is 13.4. The highest BCUT2D eigenvalue weighted by Crippen LogP contribution is 2.28. The topological polar surface area (TPSA) is 118 Å². The summed E-state index contributed by atoms with van der Waals surface area (Å²) in [6.45, 7) is 5.63. The molecule has 0 bridgehead atoms. The number of amides is 2. The van der Waals surface area contributed by atoms with Crippen LogP contribution in [0.25, 0.3) is 11.8 Å². The molecule has 0 unspecified atom stereocenters. The van der Waals surface area contributed by atoms with Crippen LogP contribution in [0.2, 0.25) is 0 Å². The maximum Gasteiger partial charge on any atom is 0.337 e. The number of aryl methyl sites for hydroxylation is 2. The van der Waals surface area contributed by atoms with Gasteiger partial charge in [0.15, 0.2) is 5.11 Å². The van der Waals surface area contributed by atoms with Crippen LogP contribution in [0.5, 0.6) is 0 Å². The van der Waals surface area contributed by atoms with Gasteiger partial charge in [0, 0.05) is 17.1 Å². The molecule has 0 saturated carbocycles. The van der Waals surface area contributed by atoms with Crippen molar-refractivity contribution in [3.63, 3.8) is 0 Å². The SMILES string of the molecule is COC(=O)c1ccc(C)c(-n2c(C)cc(C=C3C(=O)NC(=S)N(c4cccc(C(=O)O)c4)C3=O)c2C)c1. The molecule has 188 valence electrons. The molecule has 4 rings (SSSR count). The van der Waals surface area contributed by atoms with Crippen molar-refractivity contribution in [2.45, 2.75) is 20.8 Å². The summed E-state index contributed by atoms with van der Waals surface area (Å²) in [5.41, 5.74) is 4.28. The number of hydrogen-bond acceptors (Lipinski definition) is 6. The summed E-state index contributed by atoms with van der Waals surface area (Å²) in [6.07, 6.45) is 1.48. The zero-order valence-corrected chi connectivity index (χ0v) is 21.3. The maximum absolute atomic E-state index is 13.4. The Kier molecular flexibility index (Phi) is 6.78. The number of hydrogen-bond donors (Lipinski definition) is 2. The third-order valence-electron chi connectivity index (χ3n) is 6.09. The second-order valence-corrected chi connectivity index (χ2v) is 8.85. The van der Waals surface area contributed by atoms with E-state index < -0.39 is 23.8 Å². The normalized spacial score (nSPS) is 14.6. The number of ether oxygens (including phenoxy) is 1. The summed E-state index contributed by atoms with van der Waals surface area (Å²) in [5.74, 6) is -2.95. The highest BCUT2D eigenvalue weighted by Gasteiger charge is 2.35. The Morgan fingerprint density at radius 1 is 1.03 bits per heavy atom. The van der Waals surface area contributed by atoms with Gasteiger partial charge in [-0.1, -0.05) is 12.1 Å². The molecule has 1 fully saturated rings. The fourth-order valence-electron chi connectivity index (χ4n) is 4.23. The molecule has 9 nitrogen and oxygen atoms in total. The standard InChI is InChI=1S/C27H23N3O6S/c1-14-8-9-18(26(35)36-4)13-22(14)29-15(2)10-19(16(29)3)12-21-23(31)28-27(37)30(24(21)32)20-7-5-6-17(11-20)25(33)34/h5-13H,1-4H3,(H,33,34)(H,28,31,37). The summed E-state index contributed by atoms with van der Waals surface area (Å²) < 4.78 is 6.77. The molecular formula is C27H23N3O6S. The first-order valence-electron chi connectivity index (χ1n) is 11.2. The van der Waals surface area contributed by atoms with Crippen molar-refractivity contribution < 1.29 is 29.0 Å². The molecule has 1 saturated heterocycles. The quantitative estimate of drug-likeness (QED) is 0.229. The van der Waals surface area contributed by atoms with Crippen LogP contribution in [-0.4, -0.2) is 45.6 Å². The Bertz CT molecular complexity index is 1530. The highest BCUT2D eigenvalue weighted by atomic mass is 32.1. The number of carboxylic acids is 1. The molecule has 2 heterocycles. The molecule has 1 aliphatic rings. The molecule has 2 N–H and O–H groups in total. The first-order chi connectivity index (χ1) is 17.5. The molecule has 1 aliphatic heterocycles. The van der Waals surface area contributed by atoms with Gasteiger partial charge in [-0.3, -0.25) is 19.8 Å². The predicted octanol–water partition coefficient (Wildman–Crippen LogP) is 3.72. The lowest BCUT2D eigenvalue weighted by Crippen LogP contribution is -2.54. The number of thiocarbonyl (C=S) groups is 1. The van der Waals surface area contributed by atoms with Gasteiger partial charge in [0.05, 0.1) is 23.9 Å². The molecule has 0 spiro atoms. The van der Waals surface area contributed by atoms with Gasteiger partial charge in [0.1, 0.15) is 5.57 Å². The summed E-state index contributed by atoms with van der Waals surface area (Å²) in [4.78, 5) is 50.8. The number of esters is 1. The second kappa shape index (κ2) is 9.82. The van der Waals surface area contributed by atoms with Crippen molar-refractivity contribution in [1.82, 2.24) is 9.88 Å². The lowest BCUT2D eigenvalue weighted by atomic mass is 10.1. The van der Waals surface area contributed by atoms with E-state index in [1.165, 1.54) is 37.5 Å². The summed E-state index contributed by atoms with van der Waals surface area (Å²) in [6, 6.07) is 12.8. The Labute approximate surface area is 218 Å². The van der Waals surface area contributed by atoms with Gasteiger partial charge in [-0.15, -0.1) is 0 Å². The van der Waals surface area contributed by atoms with Crippen LogP contribution in [0.1, 0.15) is 43.2 Å². The van der Waals surface area contributed by atoms with Crippen molar-refractivity contribution in [1.29, 1.82) is 0 Å². The van der Waals surface area contributed by atoms with Crippen molar-refractivity contribution in [3.8, 4) is 5.69 Å². The molecular weight excluding hydrogens is 494 g/mol. The van der Waals surface area contributed by atoms with Crippen LogP contribution >= 0.6 is 12.2 Å². The number of aromatic carboxylic acids is 1. The van der Waals surface area contributed by atoms with Gasteiger partial charge in [-0.05, 0) is 86.6 Å². The molecule has 10 heteroatoms. The summed E-state index contributed by atoms with van der Waals surface area (Å²) >= 11 is 5.22. The number of carbonyl (C=O) groups is 4. The number of anilines is 1. The molecule has 2 amide bonds. The van der Waals surface area contributed by atoms with Gasteiger partial charge in [-0.25, -0.2) is 9.59 Å². The van der Waals surface area contributed by atoms with Gasteiger partial charge in [-0.2, -0.15) is 0 Å².